The minimum atomic E-state index is -5.08. The van der Waals surface area contributed by atoms with Gasteiger partial charge in [0.2, 0.25) is 5.88 Å². The van der Waals surface area contributed by atoms with E-state index in [0.29, 0.717) is 18.2 Å². The number of carbonyl (C=O) groups is 1. The topological polar surface area (TPSA) is 71.5 Å². The van der Waals surface area contributed by atoms with Crippen LogP contribution in [0, 0.1) is 0 Å². The van der Waals surface area contributed by atoms with Gasteiger partial charge in [-0.3, -0.25) is 0 Å². The van der Waals surface area contributed by atoms with E-state index in [1.54, 1.807) is 0 Å². The van der Waals surface area contributed by atoms with Gasteiger partial charge in [-0.25, -0.2) is 9.78 Å². The third-order valence-corrected chi connectivity index (χ3v) is 4.53. The van der Waals surface area contributed by atoms with Crippen LogP contribution in [-0.4, -0.2) is 40.4 Å². The number of carboxylic acid groups (broad SMARTS) is 1. The van der Waals surface area contributed by atoms with Gasteiger partial charge < -0.3 is 15.2 Å². The van der Waals surface area contributed by atoms with Gasteiger partial charge in [-0.1, -0.05) is 18.2 Å². The zero-order valence-corrected chi connectivity index (χ0v) is 13.9. The molecule has 2 N–H and O–H groups in total. The number of nitrogens with one attached hydrogen (secondary N) is 1. The number of carboxylic acids is 1. The molecule has 2 aliphatic rings. The molecule has 140 valence electrons. The number of fused-ring (bicyclic) bond motifs is 3. The highest BCUT2D eigenvalue weighted by atomic mass is 19.4. The summed E-state index contributed by atoms with van der Waals surface area (Å²) in [7, 11) is 0. The fourth-order valence-electron chi connectivity index (χ4n) is 3.39. The van der Waals surface area contributed by atoms with Crippen LogP contribution in [0.25, 0.3) is 10.9 Å². The quantitative estimate of drug-likeness (QED) is 0.849. The summed E-state index contributed by atoms with van der Waals surface area (Å²) in [5, 5.41) is 11.9. The molecule has 0 spiro atoms. The Kier molecular flexibility index (Phi) is 5.31. The van der Waals surface area contributed by atoms with Crippen LogP contribution in [0.3, 0.4) is 0 Å². The molecule has 3 heterocycles. The van der Waals surface area contributed by atoms with Crippen molar-refractivity contribution < 1.29 is 27.8 Å². The minimum absolute atomic E-state index is 0.326. The molecule has 2 aliphatic heterocycles. The van der Waals surface area contributed by atoms with Gasteiger partial charge >= 0.3 is 12.1 Å². The third-order valence-electron chi connectivity index (χ3n) is 4.53. The normalized spacial score (nSPS) is 24.7. The van der Waals surface area contributed by atoms with Crippen LogP contribution < -0.4 is 10.1 Å². The summed E-state index contributed by atoms with van der Waals surface area (Å²) in [5.74, 6) is -1.99. The summed E-state index contributed by atoms with van der Waals surface area (Å²) < 4.78 is 37.8. The molecule has 1 unspecified atom stereocenters. The summed E-state index contributed by atoms with van der Waals surface area (Å²) in [6.07, 6.45) is 0.0777. The van der Waals surface area contributed by atoms with E-state index in [4.69, 9.17) is 14.6 Å². The first kappa shape index (κ1) is 18.4. The van der Waals surface area contributed by atoms with Crippen LogP contribution in [0.15, 0.2) is 36.4 Å². The van der Waals surface area contributed by atoms with Crippen molar-refractivity contribution in [3.05, 3.63) is 36.4 Å². The number of pyridine rings is 1. The molecule has 2 aromatic rings. The molecule has 2 fully saturated rings. The first-order valence-electron chi connectivity index (χ1n) is 8.40. The molecule has 3 atom stereocenters. The second-order valence-electron chi connectivity index (χ2n) is 6.49. The average molecular weight is 368 g/mol. The molecule has 1 aromatic carbocycles. The Hall–Kier alpha value is -2.35. The van der Waals surface area contributed by atoms with Gasteiger partial charge in [-0.2, -0.15) is 13.2 Å². The van der Waals surface area contributed by atoms with Gasteiger partial charge in [0.25, 0.3) is 0 Å². The zero-order valence-electron chi connectivity index (χ0n) is 13.9. The van der Waals surface area contributed by atoms with E-state index in [1.807, 2.05) is 24.3 Å². The Morgan fingerprint density at radius 1 is 1.12 bits per heavy atom. The molecule has 0 amide bonds. The maximum absolute atomic E-state index is 10.6. The summed E-state index contributed by atoms with van der Waals surface area (Å²) in [4.78, 5) is 13.5. The van der Waals surface area contributed by atoms with Crippen LogP contribution in [0.1, 0.15) is 25.7 Å². The van der Waals surface area contributed by atoms with Crippen LogP contribution in [0.4, 0.5) is 13.2 Å². The Morgan fingerprint density at radius 2 is 1.73 bits per heavy atom. The number of hydrogen-bond donors (Lipinski definition) is 2. The number of ether oxygens (including phenoxy) is 1. The predicted octanol–water partition coefficient (Wildman–Crippen LogP) is 3.53. The Balaban J connectivity index is 0.000000242. The first-order valence-corrected chi connectivity index (χ1v) is 8.40. The van der Waals surface area contributed by atoms with E-state index in [9.17, 15) is 13.2 Å². The monoisotopic (exact) mass is 368 g/mol. The molecule has 1 aromatic heterocycles. The standard InChI is InChI=1S/C16H18N2O.C2HF3O2/c1-2-4-15-11(3-1)5-8-16(18-15)19-14-9-12-6-7-13(10-14)17-12;3-2(4,5)1(6)7/h1-5,8,12-14,17H,6-7,9-10H2;(H,6,7)/t12-,13+,14?;. The molecule has 2 bridgehead atoms. The van der Waals surface area contributed by atoms with Crippen LogP contribution in [-0.2, 0) is 4.79 Å². The smallest absolute Gasteiger partial charge is 0.475 e. The van der Waals surface area contributed by atoms with E-state index in [-0.39, 0.29) is 0 Å². The molecule has 0 aliphatic carbocycles. The molecule has 2 saturated heterocycles. The lowest BCUT2D eigenvalue weighted by Gasteiger charge is -2.29. The van der Waals surface area contributed by atoms with Crippen molar-refractivity contribution in [3.8, 4) is 5.88 Å². The summed E-state index contributed by atoms with van der Waals surface area (Å²) in [6.45, 7) is 0. The van der Waals surface area contributed by atoms with Gasteiger partial charge in [0.15, 0.2) is 0 Å². The van der Waals surface area contributed by atoms with Crippen molar-refractivity contribution in [1.82, 2.24) is 10.3 Å². The van der Waals surface area contributed by atoms with E-state index >= 15 is 0 Å². The number of hydrogen-bond acceptors (Lipinski definition) is 4. The van der Waals surface area contributed by atoms with Crippen molar-refractivity contribution in [3.63, 3.8) is 0 Å². The summed E-state index contributed by atoms with van der Waals surface area (Å²) >= 11 is 0. The molecule has 26 heavy (non-hydrogen) atoms. The van der Waals surface area contributed by atoms with Gasteiger partial charge in [-0.05, 0) is 37.8 Å². The van der Waals surface area contributed by atoms with Gasteiger partial charge in [-0.15, -0.1) is 0 Å². The van der Waals surface area contributed by atoms with Crippen LogP contribution >= 0.6 is 0 Å². The van der Waals surface area contributed by atoms with Crippen molar-refractivity contribution in [2.24, 2.45) is 0 Å². The molecule has 5 nitrogen and oxygen atoms in total. The zero-order chi connectivity index (χ0) is 18.7. The minimum Gasteiger partial charge on any atom is -0.475 e. The third kappa shape index (κ3) is 4.63. The highest BCUT2D eigenvalue weighted by Gasteiger charge is 2.38. The molecule has 8 heteroatoms. The lowest BCUT2D eigenvalue weighted by Crippen LogP contribution is -2.42. The maximum atomic E-state index is 10.6. The number of aliphatic carboxylic acids is 1. The van der Waals surface area contributed by atoms with E-state index in [1.165, 1.54) is 18.2 Å². The van der Waals surface area contributed by atoms with Crippen molar-refractivity contribution in [1.29, 1.82) is 0 Å². The van der Waals surface area contributed by atoms with E-state index < -0.39 is 12.1 Å². The van der Waals surface area contributed by atoms with Crippen molar-refractivity contribution in [2.75, 3.05) is 0 Å². The number of nitrogens with zero attached hydrogens (tertiary/aromatic N) is 1. The number of rotatable bonds is 2. The fourth-order valence-corrected chi connectivity index (χ4v) is 3.39. The number of alkyl halides is 3. The van der Waals surface area contributed by atoms with Gasteiger partial charge in [0, 0.05) is 23.5 Å². The first-order chi connectivity index (χ1) is 12.3. The highest BCUT2D eigenvalue weighted by Crippen LogP contribution is 2.29. The van der Waals surface area contributed by atoms with Gasteiger partial charge in [0.05, 0.1) is 5.52 Å². The number of aromatic nitrogens is 1. The van der Waals surface area contributed by atoms with E-state index in [2.05, 4.69) is 22.4 Å². The summed E-state index contributed by atoms with van der Waals surface area (Å²) in [6, 6.07) is 13.6. The van der Waals surface area contributed by atoms with Crippen molar-refractivity contribution in [2.45, 2.75) is 50.0 Å². The molecular weight excluding hydrogens is 349 g/mol. The lowest BCUT2D eigenvalue weighted by atomic mass is 10.0. The van der Waals surface area contributed by atoms with Gasteiger partial charge in [0.1, 0.15) is 6.10 Å². The number of benzene rings is 1. The Labute approximate surface area is 148 Å². The SMILES string of the molecule is O=C(O)C(F)(F)F.c1ccc2nc(OC3C[C@H]4CC[C@@H](C3)N4)ccc2c1. The fraction of sp³-hybridized carbons (Fsp3) is 0.444. The lowest BCUT2D eigenvalue weighted by molar-refractivity contribution is -0.192. The second kappa shape index (κ2) is 7.49. The predicted molar refractivity (Wildman–Crippen MR) is 89.0 cm³/mol. The highest BCUT2D eigenvalue weighted by molar-refractivity contribution is 5.78. The molecule has 0 radical (unpaired) electrons. The number of para-hydroxylation sites is 1. The maximum Gasteiger partial charge on any atom is 0.490 e. The molecule has 4 rings (SSSR count). The molecule has 0 saturated carbocycles. The molecular formula is C18H19F3N2O3. The summed E-state index contributed by atoms with van der Waals surface area (Å²) in [5.41, 5.74) is 1.01. The Morgan fingerprint density at radius 3 is 2.35 bits per heavy atom. The van der Waals surface area contributed by atoms with E-state index in [0.717, 1.165) is 24.2 Å². The number of piperidine rings is 1. The average Bonchev–Trinajstić information content (AvgIpc) is 2.93. The van der Waals surface area contributed by atoms with Crippen LogP contribution in [0.5, 0.6) is 5.88 Å². The second-order valence-corrected chi connectivity index (χ2v) is 6.49. The van der Waals surface area contributed by atoms with Crippen LogP contribution in [0.2, 0.25) is 0 Å². The Bertz CT molecular complexity index is 770. The largest absolute Gasteiger partial charge is 0.490 e. The number of halogens is 3. The van der Waals surface area contributed by atoms with Crippen molar-refractivity contribution >= 4 is 16.9 Å².